The number of benzene rings is 2. The maximum atomic E-state index is 12.4. The van der Waals surface area contributed by atoms with Gasteiger partial charge in [0.2, 0.25) is 0 Å². The van der Waals surface area contributed by atoms with Crippen LogP contribution in [0.3, 0.4) is 0 Å². The molecule has 1 saturated heterocycles. The minimum atomic E-state index is -0.0529. The van der Waals surface area contributed by atoms with Crippen LogP contribution in [-0.4, -0.2) is 42.5 Å². The number of piperidine rings is 1. The quantitative estimate of drug-likeness (QED) is 0.865. The molecule has 148 valence electrons. The molecule has 0 spiro atoms. The van der Waals surface area contributed by atoms with Gasteiger partial charge in [0.1, 0.15) is 5.75 Å². The smallest absolute Gasteiger partial charge is 0.260 e. The third-order valence-corrected chi connectivity index (χ3v) is 5.34. The molecule has 0 radical (unpaired) electrons. The summed E-state index contributed by atoms with van der Waals surface area (Å²) < 4.78 is 5.65. The van der Waals surface area contributed by atoms with Crippen molar-refractivity contribution in [2.75, 3.05) is 19.7 Å². The number of likely N-dealkylation sites (tertiary alicyclic amines) is 1. The van der Waals surface area contributed by atoms with Crippen molar-refractivity contribution in [3.05, 3.63) is 64.7 Å². The molecule has 0 aromatic heterocycles. The average Bonchev–Trinajstić information content (AvgIpc) is 2.69. The Labute approximate surface area is 166 Å². The number of hydrogen-bond donors (Lipinski definition) is 1. The van der Waals surface area contributed by atoms with Gasteiger partial charge in [0.25, 0.3) is 11.8 Å². The second-order valence-corrected chi connectivity index (χ2v) is 7.53. The second kappa shape index (κ2) is 8.91. The first-order valence-corrected chi connectivity index (χ1v) is 9.78. The Morgan fingerprint density at radius 1 is 1.00 bits per heavy atom. The van der Waals surface area contributed by atoms with E-state index in [0.29, 0.717) is 18.7 Å². The predicted molar refractivity (Wildman–Crippen MR) is 110 cm³/mol. The van der Waals surface area contributed by atoms with Crippen LogP contribution in [0.25, 0.3) is 0 Å². The number of hydrogen-bond acceptors (Lipinski definition) is 3. The van der Waals surface area contributed by atoms with Crippen molar-refractivity contribution in [1.29, 1.82) is 0 Å². The highest BCUT2D eigenvalue weighted by Gasteiger charge is 2.24. The third-order valence-electron chi connectivity index (χ3n) is 5.34. The standard InChI is InChI=1S/C23H28N2O3/c1-16-4-7-19(8-5-16)23(27)24-20-10-12-25(13-11-20)22(26)15-28-21-9-6-17(2)18(3)14-21/h4-9,14,20H,10-13,15H2,1-3H3,(H,24,27). The first kappa shape index (κ1) is 19.9. The second-order valence-electron chi connectivity index (χ2n) is 7.53. The van der Waals surface area contributed by atoms with E-state index in [-0.39, 0.29) is 24.5 Å². The highest BCUT2D eigenvalue weighted by atomic mass is 16.5. The lowest BCUT2D eigenvalue weighted by molar-refractivity contribution is -0.134. The molecule has 1 aliphatic rings. The van der Waals surface area contributed by atoms with Gasteiger partial charge in [0.15, 0.2) is 6.61 Å². The maximum Gasteiger partial charge on any atom is 0.260 e. The van der Waals surface area contributed by atoms with Gasteiger partial charge in [-0.2, -0.15) is 0 Å². The van der Waals surface area contributed by atoms with E-state index in [2.05, 4.69) is 5.32 Å². The Morgan fingerprint density at radius 3 is 2.32 bits per heavy atom. The number of carbonyl (C=O) groups is 2. The van der Waals surface area contributed by atoms with E-state index in [4.69, 9.17) is 4.74 Å². The molecule has 1 heterocycles. The van der Waals surface area contributed by atoms with Crippen LogP contribution in [0.5, 0.6) is 5.75 Å². The number of rotatable bonds is 5. The normalized spacial score (nSPS) is 14.6. The fourth-order valence-corrected chi connectivity index (χ4v) is 3.29. The van der Waals surface area contributed by atoms with Crippen LogP contribution in [0, 0.1) is 20.8 Å². The summed E-state index contributed by atoms with van der Waals surface area (Å²) in [6.07, 6.45) is 1.51. The highest BCUT2D eigenvalue weighted by molar-refractivity contribution is 5.94. The van der Waals surface area contributed by atoms with Crippen molar-refractivity contribution < 1.29 is 14.3 Å². The van der Waals surface area contributed by atoms with Crippen molar-refractivity contribution in [3.8, 4) is 5.75 Å². The van der Waals surface area contributed by atoms with Crippen molar-refractivity contribution in [1.82, 2.24) is 10.2 Å². The minimum Gasteiger partial charge on any atom is -0.484 e. The summed E-state index contributed by atoms with van der Waals surface area (Å²) in [6, 6.07) is 13.5. The molecule has 0 saturated carbocycles. The van der Waals surface area contributed by atoms with E-state index < -0.39 is 0 Å². The number of nitrogens with one attached hydrogen (secondary N) is 1. The van der Waals surface area contributed by atoms with E-state index in [9.17, 15) is 9.59 Å². The van der Waals surface area contributed by atoms with Crippen LogP contribution < -0.4 is 10.1 Å². The largest absolute Gasteiger partial charge is 0.484 e. The van der Waals surface area contributed by atoms with Gasteiger partial charge >= 0.3 is 0 Å². The molecule has 5 heteroatoms. The summed E-state index contributed by atoms with van der Waals surface area (Å²) in [7, 11) is 0. The Balaban J connectivity index is 1.44. The molecular weight excluding hydrogens is 352 g/mol. The molecule has 0 bridgehead atoms. The molecule has 2 amide bonds. The third kappa shape index (κ3) is 5.12. The number of aryl methyl sites for hydroxylation is 3. The summed E-state index contributed by atoms with van der Waals surface area (Å²) in [5.74, 6) is 0.654. The van der Waals surface area contributed by atoms with Crippen molar-refractivity contribution in [2.24, 2.45) is 0 Å². The zero-order chi connectivity index (χ0) is 20.1. The van der Waals surface area contributed by atoms with E-state index in [0.717, 1.165) is 29.7 Å². The minimum absolute atomic E-state index is 0.0125. The number of amides is 2. The predicted octanol–water partition coefficient (Wildman–Crippen LogP) is 3.41. The average molecular weight is 380 g/mol. The lowest BCUT2D eigenvalue weighted by Gasteiger charge is -2.32. The number of carbonyl (C=O) groups excluding carboxylic acids is 2. The Kier molecular flexibility index (Phi) is 6.34. The fourth-order valence-electron chi connectivity index (χ4n) is 3.29. The van der Waals surface area contributed by atoms with Gasteiger partial charge in [-0.3, -0.25) is 9.59 Å². The summed E-state index contributed by atoms with van der Waals surface area (Å²) in [4.78, 5) is 26.6. The summed E-state index contributed by atoms with van der Waals surface area (Å²) in [5.41, 5.74) is 4.15. The molecule has 2 aromatic carbocycles. The Hall–Kier alpha value is -2.82. The zero-order valence-electron chi connectivity index (χ0n) is 16.8. The van der Waals surface area contributed by atoms with Crippen molar-refractivity contribution in [3.63, 3.8) is 0 Å². The van der Waals surface area contributed by atoms with Crippen LogP contribution in [0.15, 0.2) is 42.5 Å². The monoisotopic (exact) mass is 380 g/mol. The zero-order valence-corrected chi connectivity index (χ0v) is 16.8. The number of nitrogens with zero attached hydrogens (tertiary/aromatic N) is 1. The van der Waals surface area contributed by atoms with E-state index in [1.807, 2.05) is 68.1 Å². The van der Waals surface area contributed by atoms with Gasteiger partial charge in [0.05, 0.1) is 0 Å². The fraction of sp³-hybridized carbons (Fsp3) is 0.391. The van der Waals surface area contributed by atoms with Crippen LogP contribution >= 0.6 is 0 Å². The van der Waals surface area contributed by atoms with Gasteiger partial charge in [-0.1, -0.05) is 23.8 Å². The van der Waals surface area contributed by atoms with E-state index in [1.165, 1.54) is 5.56 Å². The molecule has 5 nitrogen and oxygen atoms in total. The highest BCUT2D eigenvalue weighted by Crippen LogP contribution is 2.17. The van der Waals surface area contributed by atoms with Gasteiger partial charge in [-0.15, -0.1) is 0 Å². The molecule has 0 atom stereocenters. The Morgan fingerprint density at radius 2 is 1.68 bits per heavy atom. The first-order valence-electron chi connectivity index (χ1n) is 9.78. The van der Waals surface area contributed by atoms with Gasteiger partial charge in [0, 0.05) is 24.7 Å². The van der Waals surface area contributed by atoms with Crippen molar-refractivity contribution >= 4 is 11.8 Å². The molecule has 0 aliphatic carbocycles. The van der Waals surface area contributed by atoms with Crippen LogP contribution in [0.4, 0.5) is 0 Å². The van der Waals surface area contributed by atoms with Gasteiger partial charge < -0.3 is 15.0 Å². The maximum absolute atomic E-state index is 12.4. The molecule has 0 unspecified atom stereocenters. The SMILES string of the molecule is Cc1ccc(C(=O)NC2CCN(C(=O)COc3ccc(C)c(C)c3)CC2)cc1. The summed E-state index contributed by atoms with van der Waals surface area (Å²) in [6.45, 7) is 7.38. The van der Waals surface area contributed by atoms with E-state index in [1.54, 1.807) is 0 Å². The molecule has 28 heavy (non-hydrogen) atoms. The molecule has 1 fully saturated rings. The molecule has 1 N–H and O–H groups in total. The molecule has 1 aliphatic heterocycles. The summed E-state index contributed by atoms with van der Waals surface area (Å²) in [5, 5.41) is 3.08. The Bertz CT molecular complexity index is 837. The molecule has 2 aromatic rings. The number of ether oxygens (including phenoxy) is 1. The molecular formula is C23H28N2O3. The van der Waals surface area contributed by atoms with Gasteiger partial charge in [-0.25, -0.2) is 0 Å². The van der Waals surface area contributed by atoms with Crippen LogP contribution in [0.2, 0.25) is 0 Å². The lowest BCUT2D eigenvalue weighted by Crippen LogP contribution is -2.47. The topological polar surface area (TPSA) is 58.6 Å². The van der Waals surface area contributed by atoms with Crippen LogP contribution in [-0.2, 0) is 4.79 Å². The van der Waals surface area contributed by atoms with E-state index >= 15 is 0 Å². The first-order chi connectivity index (χ1) is 13.4. The lowest BCUT2D eigenvalue weighted by atomic mass is 10.0. The van der Waals surface area contributed by atoms with Crippen molar-refractivity contribution in [2.45, 2.75) is 39.7 Å². The molecule has 3 rings (SSSR count). The van der Waals surface area contributed by atoms with Crippen LogP contribution in [0.1, 0.15) is 39.9 Å². The van der Waals surface area contributed by atoms with Gasteiger partial charge in [-0.05, 0) is 69.0 Å². The summed E-state index contributed by atoms with van der Waals surface area (Å²) >= 11 is 0.